The largest absolute Gasteiger partial charge is 0.338 e. The summed E-state index contributed by atoms with van der Waals surface area (Å²) >= 11 is 1.59. The summed E-state index contributed by atoms with van der Waals surface area (Å²) < 4.78 is 27.8. The summed E-state index contributed by atoms with van der Waals surface area (Å²) in [6.45, 7) is 6.08. The summed E-state index contributed by atoms with van der Waals surface area (Å²) in [7, 11) is -2.81. The topological polar surface area (TPSA) is 73.1 Å². The third-order valence-electron chi connectivity index (χ3n) is 2.77. The molecule has 0 saturated carbocycles. The highest BCUT2D eigenvalue weighted by Crippen LogP contribution is 2.27. The van der Waals surface area contributed by atoms with Crippen molar-refractivity contribution in [3.63, 3.8) is 0 Å². The first-order valence-electron chi connectivity index (χ1n) is 5.91. The van der Waals surface area contributed by atoms with Crippen molar-refractivity contribution in [2.75, 3.05) is 11.5 Å². The maximum Gasteiger partial charge on any atom is 0.236 e. The molecule has 1 aromatic rings. The summed E-state index contributed by atoms with van der Waals surface area (Å²) in [5.41, 5.74) is -0.122. The van der Waals surface area contributed by atoms with Crippen LogP contribution in [0.25, 0.3) is 0 Å². The monoisotopic (exact) mass is 290 g/mol. The molecule has 0 spiro atoms. The summed E-state index contributed by atoms with van der Waals surface area (Å²) in [4.78, 5) is 4.33. The van der Waals surface area contributed by atoms with E-state index >= 15 is 0 Å². The minimum atomic E-state index is -2.81. The quantitative estimate of drug-likeness (QED) is 0.845. The summed E-state index contributed by atoms with van der Waals surface area (Å²) in [5.74, 6) is 2.44. The molecular weight excluding hydrogens is 272 g/mol. The van der Waals surface area contributed by atoms with Gasteiger partial charge in [-0.25, -0.2) is 8.42 Å². The number of aromatic nitrogens is 2. The van der Waals surface area contributed by atoms with Crippen LogP contribution in [0.1, 0.15) is 38.9 Å². The number of hydrogen-bond acceptors (Lipinski definition) is 6. The van der Waals surface area contributed by atoms with E-state index in [-0.39, 0.29) is 16.4 Å². The zero-order chi connectivity index (χ0) is 13.4. The van der Waals surface area contributed by atoms with Crippen molar-refractivity contribution >= 4 is 21.6 Å². The van der Waals surface area contributed by atoms with E-state index in [4.69, 9.17) is 4.52 Å². The minimum absolute atomic E-state index is 0.122. The molecule has 0 unspecified atom stereocenters. The first-order valence-corrected chi connectivity index (χ1v) is 8.78. The van der Waals surface area contributed by atoms with Crippen molar-refractivity contribution in [2.24, 2.45) is 0 Å². The first kappa shape index (κ1) is 13.9. The van der Waals surface area contributed by atoms with Crippen molar-refractivity contribution in [1.29, 1.82) is 0 Å². The Morgan fingerprint density at radius 3 is 2.67 bits per heavy atom. The fourth-order valence-corrected chi connectivity index (χ4v) is 5.18. The van der Waals surface area contributed by atoms with Crippen molar-refractivity contribution < 1.29 is 12.9 Å². The fourth-order valence-electron chi connectivity index (χ4n) is 1.70. The average Bonchev–Trinajstić information content (AvgIpc) is 2.80. The van der Waals surface area contributed by atoms with E-state index in [2.05, 4.69) is 10.1 Å². The number of sulfone groups is 1. The van der Waals surface area contributed by atoms with Crippen LogP contribution in [0, 0.1) is 0 Å². The highest BCUT2D eigenvalue weighted by Gasteiger charge is 2.29. The molecule has 1 saturated heterocycles. The van der Waals surface area contributed by atoms with Gasteiger partial charge in [-0.2, -0.15) is 4.98 Å². The van der Waals surface area contributed by atoms with E-state index in [1.807, 2.05) is 20.8 Å². The van der Waals surface area contributed by atoms with Gasteiger partial charge in [0, 0.05) is 10.7 Å². The number of rotatable bonds is 3. The smallest absolute Gasteiger partial charge is 0.236 e. The Hall–Kier alpha value is -0.560. The zero-order valence-electron chi connectivity index (χ0n) is 10.8. The van der Waals surface area contributed by atoms with Crippen LogP contribution in [0.5, 0.6) is 0 Å². The predicted octanol–water partition coefficient (Wildman–Crippen LogP) is 1.79. The van der Waals surface area contributed by atoms with E-state index in [0.717, 1.165) is 6.42 Å². The van der Waals surface area contributed by atoms with Crippen LogP contribution in [-0.2, 0) is 21.0 Å². The maximum absolute atomic E-state index is 11.3. The molecule has 102 valence electrons. The van der Waals surface area contributed by atoms with Gasteiger partial charge in [-0.3, -0.25) is 0 Å². The van der Waals surface area contributed by atoms with Crippen LogP contribution in [0.3, 0.4) is 0 Å². The third-order valence-corrected chi connectivity index (χ3v) is 6.04. The van der Waals surface area contributed by atoms with Gasteiger partial charge in [0.05, 0.1) is 17.3 Å². The highest BCUT2D eigenvalue weighted by molar-refractivity contribution is 8.01. The molecule has 1 aliphatic heterocycles. The van der Waals surface area contributed by atoms with Gasteiger partial charge in [0.2, 0.25) is 5.89 Å². The molecule has 0 aromatic carbocycles. The lowest BCUT2D eigenvalue weighted by atomic mass is 9.96. The van der Waals surface area contributed by atoms with Crippen LogP contribution >= 0.6 is 11.8 Å². The fraction of sp³-hybridized carbons (Fsp3) is 0.818. The lowest BCUT2D eigenvalue weighted by molar-refractivity contribution is 0.372. The standard InChI is InChI=1S/C11H18N2O3S2/c1-11(2,3)10-12-9(16-13-10)6-17-8-4-5-18(14,15)7-8/h8H,4-7H2,1-3H3/t8-/m1/s1. The average molecular weight is 290 g/mol. The molecular formula is C11H18N2O3S2. The van der Waals surface area contributed by atoms with Crippen LogP contribution in [0.15, 0.2) is 4.52 Å². The van der Waals surface area contributed by atoms with Crippen LogP contribution in [0.2, 0.25) is 0 Å². The predicted molar refractivity (Wildman–Crippen MR) is 71.4 cm³/mol. The molecule has 5 nitrogen and oxygen atoms in total. The second kappa shape index (κ2) is 4.85. The Balaban J connectivity index is 1.90. The first-order chi connectivity index (χ1) is 8.26. The molecule has 7 heteroatoms. The van der Waals surface area contributed by atoms with Crippen molar-refractivity contribution in [1.82, 2.24) is 10.1 Å². The molecule has 0 amide bonds. The molecule has 0 bridgehead atoms. The van der Waals surface area contributed by atoms with Crippen molar-refractivity contribution in [3.8, 4) is 0 Å². The molecule has 0 aliphatic carbocycles. The third kappa shape index (κ3) is 3.47. The Labute approximate surface area is 112 Å². The summed E-state index contributed by atoms with van der Waals surface area (Å²) in [5, 5.41) is 4.11. The molecule has 1 aromatic heterocycles. The Bertz CT molecular complexity index is 517. The van der Waals surface area contributed by atoms with E-state index < -0.39 is 9.84 Å². The summed E-state index contributed by atoms with van der Waals surface area (Å²) in [6.07, 6.45) is 0.729. The molecule has 2 heterocycles. The zero-order valence-corrected chi connectivity index (χ0v) is 12.5. The lowest BCUT2D eigenvalue weighted by Crippen LogP contribution is -2.13. The van der Waals surface area contributed by atoms with Crippen LogP contribution < -0.4 is 0 Å². The highest BCUT2D eigenvalue weighted by atomic mass is 32.2. The van der Waals surface area contributed by atoms with E-state index in [9.17, 15) is 8.42 Å². The molecule has 0 N–H and O–H groups in total. The Morgan fingerprint density at radius 2 is 2.17 bits per heavy atom. The maximum atomic E-state index is 11.3. The minimum Gasteiger partial charge on any atom is -0.338 e. The molecule has 1 aliphatic rings. The van der Waals surface area contributed by atoms with Gasteiger partial charge in [0.25, 0.3) is 0 Å². The van der Waals surface area contributed by atoms with E-state index in [1.54, 1.807) is 11.8 Å². The van der Waals surface area contributed by atoms with Gasteiger partial charge in [0.15, 0.2) is 15.7 Å². The molecule has 2 rings (SSSR count). The molecule has 1 atom stereocenters. The van der Waals surface area contributed by atoms with Crippen LogP contribution in [0.4, 0.5) is 0 Å². The van der Waals surface area contributed by atoms with Gasteiger partial charge in [-0.05, 0) is 6.42 Å². The molecule has 1 fully saturated rings. The van der Waals surface area contributed by atoms with Gasteiger partial charge >= 0.3 is 0 Å². The number of nitrogens with zero attached hydrogens (tertiary/aromatic N) is 2. The van der Waals surface area contributed by atoms with Gasteiger partial charge in [-0.15, -0.1) is 11.8 Å². The normalized spacial score (nSPS) is 23.4. The number of hydrogen-bond donors (Lipinski definition) is 0. The second-order valence-corrected chi connectivity index (χ2v) is 9.12. The van der Waals surface area contributed by atoms with Crippen molar-refractivity contribution in [2.45, 2.75) is 43.6 Å². The van der Waals surface area contributed by atoms with Gasteiger partial charge in [-0.1, -0.05) is 25.9 Å². The Kier molecular flexibility index (Phi) is 3.73. The van der Waals surface area contributed by atoms with Gasteiger partial charge in [0.1, 0.15) is 0 Å². The van der Waals surface area contributed by atoms with E-state index in [1.165, 1.54) is 0 Å². The van der Waals surface area contributed by atoms with Crippen molar-refractivity contribution in [3.05, 3.63) is 11.7 Å². The SMILES string of the molecule is CC(C)(C)c1noc(CS[C@@H]2CCS(=O)(=O)C2)n1. The number of thioether (sulfide) groups is 1. The van der Waals surface area contributed by atoms with Crippen LogP contribution in [-0.4, -0.2) is 35.3 Å². The van der Waals surface area contributed by atoms with E-state index in [0.29, 0.717) is 23.2 Å². The Morgan fingerprint density at radius 1 is 1.44 bits per heavy atom. The molecule has 18 heavy (non-hydrogen) atoms. The lowest BCUT2D eigenvalue weighted by Gasteiger charge is -2.10. The summed E-state index contributed by atoms with van der Waals surface area (Å²) in [6, 6.07) is 0. The van der Waals surface area contributed by atoms with Gasteiger partial charge < -0.3 is 4.52 Å². The second-order valence-electron chi connectivity index (χ2n) is 5.60. The molecule has 0 radical (unpaired) electrons.